The van der Waals surface area contributed by atoms with Gasteiger partial charge in [0, 0.05) is 27.8 Å². The second-order valence-electron chi connectivity index (χ2n) is 6.10. The molecule has 0 saturated heterocycles. The van der Waals surface area contributed by atoms with E-state index < -0.39 is 10.0 Å². The lowest BCUT2D eigenvalue weighted by atomic mass is 10.1. The summed E-state index contributed by atoms with van der Waals surface area (Å²) in [5, 5.41) is 2.78. The van der Waals surface area contributed by atoms with Crippen molar-refractivity contribution in [3.05, 3.63) is 48.0 Å². The molecule has 2 aromatic rings. The van der Waals surface area contributed by atoms with Crippen molar-refractivity contribution in [2.24, 2.45) is 5.92 Å². The van der Waals surface area contributed by atoms with Gasteiger partial charge in [-0.3, -0.25) is 14.3 Å². The molecule has 3 rings (SSSR count). The number of ketones is 1. The molecule has 6 nitrogen and oxygen atoms in total. The van der Waals surface area contributed by atoms with Gasteiger partial charge in [0.15, 0.2) is 5.78 Å². The summed E-state index contributed by atoms with van der Waals surface area (Å²) < 4.78 is 27.8. The fraction of sp³-hybridized carbons (Fsp3) is 0.222. The van der Waals surface area contributed by atoms with Crippen molar-refractivity contribution in [1.82, 2.24) is 0 Å². The standard InChI is InChI=1S/C18H18N2O4S2/c1-11-10-25-17-7-6-15(9-16(17)19-18(11)22)26(23,24)20-14-5-3-4-13(8-14)12(2)21/h3-9,11,20H,10H2,1-2H3,(H,19,22)/t11-/m0/s1. The lowest BCUT2D eigenvalue weighted by Gasteiger charge is -2.12. The van der Waals surface area contributed by atoms with Gasteiger partial charge in [-0.25, -0.2) is 8.42 Å². The van der Waals surface area contributed by atoms with Gasteiger partial charge in [0.1, 0.15) is 0 Å². The van der Waals surface area contributed by atoms with Crippen LogP contribution in [-0.2, 0) is 14.8 Å². The van der Waals surface area contributed by atoms with Crippen LogP contribution in [0.25, 0.3) is 0 Å². The van der Waals surface area contributed by atoms with Crippen molar-refractivity contribution in [1.29, 1.82) is 0 Å². The van der Waals surface area contributed by atoms with Crippen LogP contribution in [0.1, 0.15) is 24.2 Å². The minimum Gasteiger partial charge on any atom is -0.325 e. The zero-order valence-electron chi connectivity index (χ0n) is 14.3. The summed E-state index contributed by atoms with van der Waals surface area (Å²) in [5.41, 5.74) is 1.22. The molecule has 0 bridgehead atoms. The van der Waals surface area contributed by atoms with Gasteiger partial charge in [-0.1, -0.05) is 19.1 Å². The van der Waals surface area contributed by atoms with E-state index in [1.807, 2.05) is 6.92 Å². The maximum Gasteiger partial charge on any atom is 0.261 e. The summed E-state index contributed by atoms with van der Waals surface area (Å²) in [4.78, 5) is 24.3. The molecule has 26 heavy (non-hydrogen) atoms. The Morgan fingerprint density at radius 3 is 2.73 bits per heavy atom. The molecule has 1 heterocycles. The third-order valence-corrected chi connectivity index (χ3v) is 6.69. The number of anilines is 2. The molecule has 0 aromatic heterocycles. The van der Waals surface area contributed by atoms with Crippen molar-refractivity contribution >= 4 is 44.9 Å². The van der Waals surface area contributed by atoms with Gasteiger partial charge in [0.25, 0.3) is 10.0 Å². The largest absolute Gasteiger partial charge is 0.325 e. The Morgan fingerprint density at radius 1 is 1.23 bits per heavy atom. The van der Waals surface area contributed by atoms with Gasteiger partial charge >= 0.3 is 0 Å². The molecule has 0 aliphatic carbocycles. The van der Waals surface area contributed by atoms with E-state index in [9.17, 15) is 18.0 Å². The summed E-state index contributed by atoms with van der Waals surface area (Å²) >= 11 is 1.51. The number of carbonyl (C=O) groups excluding carboxylic acids is 2. The fourth-order valence-corrected chi connectivity index (χ4v) is 4.55. The van der Waals surface area contributed by atoms with E-state index in [-0.39, 0.29) is 22.5 Å². The van der Waals surface area contributed by atoms with E-state index in [0.717, 1.165) is 4.90 Å². The quantitative estimate of drug-likeness (QED) is 0.781. The Morgan fingerprint density at radius 2 is 2.00 bits per heavy atom. The highest BCUT2D eigenvalue weighted by atomic mass is 32.2. The first-order valence-corrected chi connectivity index (χ1v) is 10.4. The van der Waals surface area contributed by atoms with Crippen LogP contribution in [0.5, 0.6) is 0 Å². The van der Waals surface area contributed by atoms with Crippen molar-refractivity contribution in [2.75, 3.05) is 15.8 Å². The predicted octanol–water partition coefficient (Wildman–Crippen LogP) is 3.37. The Labute approximate surface area is 156 Å². The van der Waals surface area contributed by atoms with Gasteiger partial charge < -0.3 is 5.32 Å². The minimum absolute atomic E-state index is 0.0416. The molecule has 0 unspecified atom stereocenters. The number of amides is 1. The number of nitrogens with one attached hydrogen (secondary N) is 2. The topological polar surface area (TPSA) is 92.3 Å². The Hall–Kier alpha value is -2.32. The number of rotatable bonds is 4. The number of hydrogen-bond acceptors (Lipinski definition) is 5. The number of carbonyl (C=O) groups is 2. The lowest BCUT2D eigenvalue weighted by molar-refractivity contribution is -0.118. The van der Waals surface area contributed by atoms with Crippen LogP contribution in [-0.4, -0.2) is 25.9 Å². The van der Waals surface area contributed by atoms with Crippen LogP contribution in [0.15, 0.2) is 52.3 Å². The summed E-state index contributed by atoms with van der Waals surface area (Å²) in [6.45, 7) is 3.25. The first-order valence-electron chi connectivity index (χ1n) is 7.98. The molecule has 0 radical (unpaired) electrons. The molecule has 1 amide bonds. The number of thioether (sulfide) groups is 1. The van der Waals surface area contributed by atoms with Crippen molar-refractivity contribution in [3.63, 3.8) is 0 Å². The smallest absolute Gasteiger partial charge is 0.261 e. The van der Waals surface area contributed by atoms with E-state index in [4.69, 9.17) is 0 Å². The zero-order valence-corrected chi connectivity index (χ0v) is 15.9. The Balaban J connectivity index is 1.91. The summed E-state index contributed by atoms with van der Waals surface area (Å²) in [7, 11) is -3.85. The number of hydrogen-bond donors (Lipinski definition) is 2. The van der Waals surface area contributed by atoms with Crippen molar-refractivity contribution in [2.45, 2.75) is 23.6 Å². The van der Waals surface area contributed by atoms with Crippen molar-refractivity contribution in [3.8, 4) is 0 Å². The normalized spacial score (nSPS) is 17.0. The van der Waals surface area contributed by atoms with E-state index in [1.165, 1.54) is 36.9 Å². The highest BCUT2D eigenvalue weighted by molar-refractivity contribution is 7.99. The first-order chi connectivity index (χ1) is 12.3. The number of Topliss-reactive ketones (excluding diaryl/α,β-unsaturated/α-hetero) is 1. The van der Waals surface area contributed by atoms with Gasteiger partial charge in [-0.15, -0.1) is 11.8 Å². The molecular weight excluding hydrogens is 372 g/mol. The third-order valence-electron chi connectivity index (χ3n) is 3.98. The van der Waals surface area contributed by atoms with Crippen LogP contribution in [0.3, 0.4) is 0 Å². The molecule has 2 aromatic carbocycles. The highest BCUT2D eigenvalue weighted by Crippen LogP contribution is 2.34. The zero-order chi connectivity index (χ0) is 18.9. The maximum absolute atomic E-state index is 12.7. The highest BCUT2D eigenvalue weighted by Gasteiger charge is 2.23. The van der Waals surface area contributed by atoms with Crippen molar-refractivity contribution < 1.29 is 18.0 Å². The van der Waals surface area contributed by atoms with E-state index in [1.54, 1.807) is 24.3 Å². The molecule has 1 aliphatic rings. The van der Waals surface area contributed by atoms with Gasteiger partial charge in [0.05, 0.1) is 10.6 Å². The van der Waals surface area contributed by atoms with Crippen LogP contribution < -0.4 is 10.0 Å². The van der Waals surface area contributed by atoms with E-state index >= 15 is 0 Å². The predicted molar refractivity (Wildman–Crippen MR) is 102 cm³/mol. The third kappa shape index (κ3) is 3.91. The SMILES string of the molecule is CC(=O)c1cccc(NS(=O)(=O)c2ccc3c(c2)NC(=O)[C@@H](C)CS3)c1. The number of benzene rings is 2. The van der Waals surface area contributed by atoms with Crippen LogP contribution in [0.4, 0.5) is 11.4 Å². The second kappa shape index (κ2) is 7.13. The summed E-state index contributed by atoms with van der Waals surface area (Å²) in [5.74, 6) is 0.207. The molecule has 0 fully saturated rings. The Kier molecular flexibility index (Phi) is 5.06. The monoisotopic (exact) mass is 390 g/mol. The van der Waals surface area contributed by atoms with Crippen LogP contribution in [0, 0.1) is 5.92 Å². The lowest BCUT2D eigenvalue weighted by Crippen LogP contribution is -2.20. The number of fused-ring (bicyclic) bond motifs is 1. The maximum atomic E-state index is 12.7. The second-order valence-corrected chi connectivity index (χ2v) is 8.85. The van der Waals surface area contributed by atoms with E-state index in [2.05, 4.69) is 10.0 Å². The molecule has 1 atom stereocenters. The average Bonchev–Trinajstić information content (AvgIpc) is 2.73. The summed E-state index contributed by atoms with van der Waals surface area (Å²) in [6.07, 6.45) is 0. The Bertz CT molecular complexity index is 986. The van der Waals surface area contributed by atoms with Crippen LogP contribution in [0.2, 0.25) is 0 Å². The van der Waals surface area contributed by atoms with Gasteiger partial charge in [-0.05, 0) is 37.3 Å². The van der Waals surface area contributed by atoms with Gasteiger partial charge in [-0.2, -0.15) is 0 Å². The molecular formula is C18H18N2O4S2. The van der Waals surface area contributed by atoms with E-state index in [0.29, 0.717) is 22.7 Å². The first kappa shape index (κ1) is 18.5. The molecule has 8 heteroatoms. The molecule has 0 spiro atoms. The number of sulfonamides is 1. The molecule has 136 valence electrons. The minimum atomic E-state index is -3.85. The molecule has 2 N–H and O–H groups in total. The van der Waals surface area contributed by atoms with Gasteiger partial charge in [0.2, 0.25) is 5.91 Å². The summed E-state index contributed by atoms with van der Waals surface area (Å²) in [6, 6.07) is 11.0. The average molecular weight is 390 g/mol. The van der Waals surface area contributed by atoms with Crippen LogP contribution >= 0.6 is 11.8 Å². The fourth-order valence-electron chi connectivity index (χ4n) is 2.46. The molecule has 0 saturated carbocycles. The molecule has 1 aliphatic heterocycles.